The van der Waals surface area contributed by atoms with Gasteiger partial charge in [-0.3, -0.25) is 9.36 Å². The van der Waals surface area contributed by atoms with Crippen molar-refractivity contribution < 1.29 is 37.3 Å². The van der Waals surface area contributed by atoms with Gasteiger partial charge >= 0.3 is 5.97 Å². The molecule has 0 aliphatic carbocycles. The van der Waals surface area contributed by atoms with E-state index in [1.807, 2.05) is 21.1 Å². The van der Waals surface area contributed by atoms with Gasteiger partial charge in [0, 0.05) is 13.0 Å². The van der Waals surface area contributed by atoms with Crippen LogP contribution in [0.1, 0.15) is 226 Å². The molecule has 0 fully saturated rings. The molecule has 0 rings (SSSR count). The van der Waals surface area contributed by atoms with Crippen LogP contribution in [-0.2, 0) is 27.9 Å². The maximum absolute atomic E-state index is 12.7. The van der Waals surface area contributed by atoms with E-state index in [2.05, 4.69) is 50.3 Å². The smallest absolute Gasteiger partial charge is 0.306 e. The molecule has 9 heteroatoms. The van der Waals surface area contributed by atoms with Gasteiger partial charge in [-0.15, -0.1) is 0 Å². The summed E-state index contributed by atoms with van der Waals surface area (Å²) >= 11 is 0. The normalized spacial score (nSPS) is 13.9. The standard InChI is InChI=1S/C51H98NO7P/c1-6-8-10-12-14-16-18-20-22-24-26-27-29-31-33-35-37-39-41-43-46-56-48-50(49-58-60(54,55)57-47-45-52(3,4)5)59-51(53)44-42-40-38-36-34-32-30-28-25-23-21-19-17-15-13-11-9-7-2/h17,19-20,22-23,25,50H,6-16,18,21,24,26-49H2,1-5H3/b19-17-,22-20-,25-23-. The first-order valence-electron chi connectivity index (χ1n) is 25.2. The minimum absolute atomic E-state index is 0.0245. The second-order valence-electron chi connectivity index (χ2n) is 18.2. The van der Waals surface area contributed by atoms with Crippen LogP contribution in [0.2, 0.25) is 0 Å². The fourth-order valence-electron chi connectivity index (χ4n) is 6.98. The molecule has 0 bridgehead atoms. The highest BCUT2D eigenvalue weighted by atomic mass is 31.2. The fourth-order valence-corrected chi connectivity index (χ4v) is 7.71. The van der Waals surface area contributed by atoms with Crippen molar-refractivity contribution in [3.05, 3.63) is 36.5 Å². The van der Waals surface area contributed by atoms with E-state index in [9.17, 15) is 14.3 Å². The topological polar surface area (TPSA) is 94.1 Å². The molecule has 0 aliphatic heterocycles. The van der Waals surface area contributed by atoms with Crippen LogP contribution < -0.4 is 4.89 Å². The molecule has 2 unspecified atom stereocenters. The van der Waals surface area contributed by atoms with Gasteiger partial charge in [0.2, 0.25) is 0 Å². The Bertz CT molecular complexity index is 1060. The summed E-state index contributed by atoms with van der Waals surface area (Å²) in [4.78, 5) is 25.1. The number of likely N-dealkylation sites (N-methyl/N-ethyl adjacent to an activating group) is 1. The van der Waals surface area contributed by atoms with Crippen molar-refractivity contribution in [2.24, 2.45) is 0 Å². The van der Waals surface area contributed by atoms with Crippen LogP contribution in [0.3, 0.4) is 0 Å². The van der Waals surface area contributed by atoms with Crippen LogP contribution in [0.25, 0.3) is 0 Å². The Balaban J connectivity index is 4.16. The summed E-state index contributed by atoms with van der Waals surface area (Å²) in [5, 5.41) is 0. The van der Waals surface area contributed by atoms with Crippen molar-refractivity contribution in [2.45, 2.75) is 232 Å². The summed E-state index contributed by atoms with van der Waals surface area (Å²) in [7, 11) is 1.35. The maximum atomic E-state index is 12.7. The van der Waals surface area contributed by atoms with Crippen LogP contribution in [0, 0.1) is 0 Å². The lowest BCUT2D eigenvalue weighted by molar-refractivity contribution is -0.870. The van der Waals surface area contributed by atoms with Crippen LogP contribution in [0.5, 0.6) is 0 Å². The molecule has 0 amide bonds. The molecule has 0 aromatic carbocycles. The fraction of sp³-hybridized carbons (Fsp3) is 0.863. The van der Waals surface area contributed by atoms with E-state index in [4.69, 9.17) is 18.5 Å². The second-order valence-corrected chi connectivity index (χ2v) is 19.6. The van der Waals surface area contributed by atoms with E-state index in [1.165, 1.54) is 161 Å². The molecule has 8 nitrogen and oxygen atoms in total. The number of ether oxygens (including phenoxy) is 2. The number of carbonyl (C=O) groups is 1. The molecule has 0 aliphatic rings. The Kier molecular flexibility index (Phi) is 43.4. The highest BCUT2D eigenvalue weighted by Gasteiger charge is 2.20. The van der Waals surface area contributed by atoms with E-state index in [1.54, 1.807) is 0 Å². The summed E-state index contributed by atoms with van der Waals surface area (Å²) in [6.07, 6.45) is 53.0. The number of unbranched alkanes of at least 4 members (excludes halogenated alkanes) is 27. The van der Waals surface area contributed by atoms with Crippen molar-refractivity contribution in [3.63, 3.8) is 0 Å². The van der Waals surface area contributed by atoms with E-state index < -0.39 is 13.9 Å². The van der Waals surface area contributed by atoms with Crippen molar-refractivity contribution in [2.75, 3.05) is 54.1 Å². The van der Waals surface area contributed by atoms with Gasteiger partial charge < -0.3 is 27.9 Å². The van der Waals surface area contributed by atoms with Gasteiger partial charge in [0.05, 0.1) is 34.4 Å². The lowest BCUT2D eigenvalue weighted by Gasteiger charge is -2.28. The number of nitrogens with zero attached hydrogens (tertiary/aromatic N) is 1. The van der Waals surface area contributed by atoms with Crippen LogP contribution in [0.15, 0.2) is 36.5 Å². The number of rotatable bonds is 47. The highest BCUT2D eigenvalue weighted by Crippen LogP contribution is 2.38. The first kappa shape index (κ1) is 58.7. The largest absolute Gasteiger partial charge is 0.756 e. The van der Waals surface area contributed by atoms with Crippen molar-refractivity contribution >= 4 is 13.8 Å². The molecule has 0 spiro atoms. The lowest BCUT2D eigenvalue weighted by Crippen LogP contribution is -2.37. The molecule has 0 saturated heterocycles. The Morgan fingerprint density at radius 2 is 0.917 bits per heavy atom. The van der Waals surface area contributed by atoms with Gasteiger partial charge in [-0.1, -0.05) is 185 Å². The number of hydrogen-bond donors (Lipinski definition) is 0. The lowest BCUT2D eigenvalue weighted by atomic mass is 10.1. The van der Waals surface area contributed by atoms with Crippen LogP contribution in [0.4, 0.5) is 0 Å². The van der Waals surface area contributed by atoms with Gasteiger partial charge in [0.15, 0.2) is 0 Å². The molecular weight excluding hydrogens is 770 g/mol. The third kappa shape index (κ3) is 47.8. The van der Waals surface area contributed by atoms with Gasteiger partial charge in [-0.25, -0.2) is 0 Å². The Morgan fingerprint density at radius 1 is 0.517 bits per heavy atom. The number of phosphoric acid groups is 1. The summed E-state index contributed by atoms with van der Waals surface area (Å²) in [5.41, 5.74) is 0. The molecule has 0 saturated carbocycles. The molecule has 0 aromatic rings. The number of quaternary nitrogens is 1. The average molecular weight is 868 g/mol. The van der Waals surface area contributed by atoms with E-state index in [-0.39, 0.29) is 25.8 Å². The minimum Gasteiger partial charge on any atom is -0.756 e. The van der Waals surface area contributed by atoms with Crippen LogP contribution >= 0.6 is 7.82 Å². The number of esters is 1. The third-order valence-corrected chi connectivity index (χ3v) is 11.9. The number of allylic oxidation sites excluding steroid dienone is 6. The van der Waals surface area contributed by atoms with E-state index in [0.29, 0.717) is 24.1 Å². The Morgan fingerprint density at radius 3 is 1.38 bits per heavy atom. The second kappa shape index (κ2) is 44.3. The van der Waals surface area contributed by atoms with Gasteiger partial charge in [0.1, 0.15) is 19.3 Å². The molecular formula is C51H98NO7P. The summed E-state index contributed by atoms with van der Waals surface area (Å²) in [6, 6.07) is 0. The molecule has 0 heterocycles. The summed E-state index contributed by atoms with van der Waals surface area (Å²) < 4.78 is 34.7. The first-order chi connectivity index (χ1) is 29.1. The average Bonchev–Trinajstić information content (AvgIpc) is 3.20. The van der Waals surface area contributed by atoms with E-state index in [0.717, 1.165) is 44.9 Å². The van der Waals surface area contributed by atoms with Crippen molar-refractivity contribution in [1.82, 2.24) is 0 Å². The zero-order valence-electron chi connectivity index (χ0n) is 40.2. The quantitative estimate of drug-likeness (QED) is 0.0198. The molecule has 0 radical (unpaired) electrons. The van der Waals surface area contributed by atoms with Gasteiger partial charge in [-0.05, 0) is 70.6 Å². The molecule has 60 heavy (non-hydrogen) atoms. The zero-order chi connectivity index (χ0) is 44.1. The predicted octanol–water partition coefficient (Wildman–Crippen LogP) is 14.7. The maximum Gasteiger partial charge on any atom is 0.306 e. The Labute approximate surface area is 372 Å². The SMILES string of the molecule is CCCCCC/C=C\C/C=C\CCCCCCCCCC(=O)OC(COCCCCCCCCCCCC/C=C\CCCCCCCC)COP(=O)([O-])OCC[N+](C)(C)C. The van der Waals surface area contributed by atoms with Crippen molar-refractivity contribution in [1.29, 1.82) is 0 Å². The van der Waals surface area contributed by atoms with Crippen LogP contribution in [-0.4, -0.2) is 70.7 Å². The molecule has 0 aromatic heterocycles. The molecule has 2 atom stereocenters. The molecule has 354 valence electrons. The predicted molar refractivity (Wildman–Crippen MR) is 254 cm³/mol. The molecule has 0 N–H and O–H groups in total. The number of carbonyl (C=O) groups excluding carboxylic acids is 1. The first-order valence-corrected chi connectivity index (χ1v) is 26.7. The number of phosphoric ester groups is 1. The number of hydrogen-bond acceptors (Lipinski definition) is 7. The highest BCUT2D eigenvalue weighted by molar-refractivity contribution is 7.45. The summed E-state index contributed by atoms with van der Waals surface area (Å²) in [5.74, 6) is -0.340. The third-order valence-electron chi connectivity index (χ3n) is 10.9. The van der Waals surface area contributed by atoms with E-state index >= 15 is 0 Å². The van der Waals surface area contributed by atoms with Gasteiger partial charge in [-0.2, -0.15) is 0 Å². The Hall–Kier alpha value is -1.28. The monoisotopic (exact) mass is 868 g/mol. The van der Waals surface area contributed by atoms with Gasteiger partial charge in [0.25, 0.3) is 7.82 Å². The minimum atomic E-state index is -4.53. The zero-order valence-corrected chi connectivity index (χ0v) is 41.1. The van der Waals surface area contributed by atoms with Crippen molar-refractivity contribution in [3.8, 4) is 0 Å². The summed E-state index contributed by atoms with van der Waals surface area (Å²) in [6.45, 7) is 5.41.